The minimum atomic E-state index is 0.405. The van der Waals surface area contributed by atoms with E-state index in [2.05, 4.69) is 56.9 Å². The molecule has 1 fully saturated rings. The number of H-pyrrole nitrogens is 1. The summed E-state index contributed by atoms with van der Waals surface area (Å²) in [5.74, 6) is 0.405. The first-order chi connectivity index (χ1) is 16.2. The van der Waals surface area contributed by atoms with E-state index in [0.29, 0.717) is 11.8 Å². The van der Waals surface area contributed by atoms with Gasteiger partial charge in [0.05, 0.1) is 0 Å². The van der Waals surface area contributed by atoms with E-state index in [1.165, 1.54) is 47.0 Å². The predicted octanol–water partition coefficient (Wildman–Crippen LogP) is 4.26. The molecule has 5 heteroatoms. The minimum absolute atomic E-state index is 0.405. The second kappa shape index (κ2) is 10.3. The van der Waals surface area contributed by atoms with Gasteiger partial charge >= 0.3 is 0 Å². The number of rotatable bonds is 8. The average molecular weight is 447 g/mol. The molecule has 0 radical (unpaired) electrons. The number of nitrogens with zero attached hydrogens (tertiary/aromatic N) is 3. The number of benzene rings is 2. The Bertz CT molecular complexity index is 1050. The molecule has 2 heterocycles. The Labute approximate surface area is 198 Å². The quantitative estimate of drug-likeness (QED) is 0.543. The van der Waals surface area contributed by atoms with Crippen molar-refractivity contribution in [2.24, 2.45) is 0 Å². The molecule has 1 aliphatic heterocycles. The molecular weight excluding hydrogens is 408 g/mol. The first kappa shape index (κ1) is 22.5. The maximum absolute atomic E-state index is 9.92. The van der Waals surface area contributed by atoms with E-state index in [9.17, 15) is 5.11 Å². The normalized spacial score (nSPS) is 19.9. The van der Waals surface area contributed by atoms with E-state index in [1.54, 1.807) is 0 Å². The SMILES string of the molecule is CCCN(CCN1CCN(Cc2ccc3[nH]ccc3c2)CC1)C1CCc2ccc(O)cc2C1. The highest BCUT2D eigenvalue weighted by Gasteiger charge is 2.25. The number of phenolic OH excluding ortho intramolecular Hbond substituents is 1. The van der Waals surface area contributed by atoms with Crippen molar-refractivity contribution >= 4 is 10.9 Å². The van der Waals surface area contributed by atoms with Crippen LogP contribution in [-0.2, 0) is 19.4 Å². The van der Waals surface area contributed by atoms with Crippen LogP contribution < -0.4 is 0 Å². The third kappa shape index (κ3) is 5.43. The van der Waals surface area contributed by atoms with Gasteiger partial charge in [0.1, 0.15) is 5.75 Å². The molecule has 2 aliphatic rings. The fraction of sp³-hybridized carbons (Fsp3) is 0.500. The Morgan fingerprint density at radius 1 is 0.970 bits per heavy atom. The molecule has 0 bridgehead atoms. The summed E-state index contributed by atoms with van der Waals surface area (Å²) in [4.78, 5) is 11.2. The maximum atomic E-state index is 9.92. The van der Waals surface area contributed by atoms with Crippen molar-refractivity contribution in [1.29, 1.82) is 0 Å². The highest BCUT2D eigenvalue weighted by atomic mass is 16.3. The second-order valence-electron chi connectivity index (χ2n) is 9.90. The standard InChI is InChI=1S/C28H38N4O/c1-2-11-32(26-6-4-23-5-7-27(33)20-25(23)19-26)17-16-30-12-14-31(15-13-30)21-22-3-8-28-24(18-22)9-10-29-28/h3,5,7-10,18,20,26,29,33H,2,4,6,11-17,19,21H2,1H3. The summed E-state index contributed by atoms with van der Waals surface area (Å²) < 4.78 is 0. The molecule has 2 N–H and O–H groups in total. The zero-order valence-corrected chi connectivity index (χ0v) is 20.0. The molecule has 33 heavy (non-hydrogen) atoms. The number of hydrogen-bond donors (Lipinski definition) is 2. The van der Waals surface area contributed by atoms with Crippen molar-refractivity contribution in [1.82, 2.24) is 19.7 Å². The van der Waals surface area contributed by atoms with Crippen molar-refractivity contribution in [3.05, 3.63) is 65.4 Å². The third-order valence-electron chi connectivity index (χ3n) is 7.61. The van der Waals surface area contributed by atoms with E-state index in [-0.39, 0.29) is 0 Å². The van der Waals surface area contributed by atoms with Gasteiger partial charge in [0.2, 0.25) is 0 Å². The summed E-state index contributed by atoms with van der Waals surface area (Å²) in [6, 6.07) is 15.5. The van der Waals surface area contributed by atoms with Gasteiger partial charge in [0, 0.05) is 63.6 Å². The molecule has 1 aliphatic carbocycles. The molecule has 3 aromatic rings. The number of hydrogen-bond acceptors (Lipinski definition) is 4. The van der Waals surface area contributed by atoms with Crippen LogP contribution in [0.2, 0.25) is 0 Å². The lowest BCUT2D eigenvalue weighted by atomic mass is 9.87. The smallest absolute Gasteiger partial charge is 0.115 e. The first-order valence-electron chi connectivity index (χ1n) is 12.7. The van der Waals surface area contributed by atoms with Crippen LogP contribution in [0, 0.1) is 0 Å². The van der Waals surface area contributed by atoms with Crippen LogP contribution in [0.25, 0.3) is 10.9 Å². The van der Waals surface area contributed by atoms with Crippen molar-refractivity contribution in [2.75, 3.05) is 45.8 Å². The van der Waals surface area contributed by atoms with Crippen LogP contribution in [0.4, 0.5) is 0 Å². The topological polar surface area (TPSA) is 45.7 Å². The number of aryl methyl sites for hydroxylation is 1. The highest BCUT2D eigenvalue weighted by molar-refractivity contribution is 5.79. The van der Waals surface area contributed by atoms with Gasteiger partial charge in [-0.2, -0.15) is 0 Å². The van der Waals surface area contributed by atoms with E-state index in [1.807, 2.05) is 18.3 Å². The third-order valence-corrected chi connectivity index (χ3v) is 7.61. The van der Waals surface area contributed by atoms with Crippen molar-refractivity contribution < 1.29 is 5.11 Å². The molecule has 5 nitrogen and oxygen atoms in total. The Morgan fingerprint density at radius 3 is 2.67 bits per heavy atom. The molecule has 176 valence electrons. The zero-order valence-electron chi connectivity index (χ0n) is 20.0. The molecule has 2 aromatic carbocycles. The predicted molar refractivity (Wildman–Crippen MR) is 136 cm³/mol. The highest BCUT2D eigenvalue weighted by Crippen LogP contribution is 2.27. The van der Waals surface area contributed by atoms with Gasteiger partial charge in [-0.05, 0) is 84.6 Å². The molecule has 0 amide bonds. The number of phenols is 1. The van der Waals surface area contributed by atoms with Crippen molar-refractivity contribution in [3.63, 3.8) is 0 Å². The fourth-order valence-electron chi connectivity index (χ4n) is 5.70. The largest absolute Gasteiger partial charge is 0.508 e. The zero-order chi connectivity index (χ0) is 22.6. The van der Waals surface area contributed by atoms with E-state index >= 15 is 0 Å². The summed E-state index contributed by atoms with van der Waals surface area (Å²) in [5.41, 5.74) is 5.40. The van der Waals surface area contributed by atoms with Gasteiger partial charge in [-0.25, -0.2) is 0 Å². The van der Waals surface area contributed by atoms with Gasteiger partial charge in [-0.1, -0.05) is 19.1 Å². The van der Waals surface area contributed by atoms with E-state index in [0.717, 1.165) is 58.7 Å². The summed E-state index contributed by atoms with van der Waals surface area (Å²) in [5, 5.41) is 11.2. The Hall–Kier alpha value is -2.34. The number of piperazine rings is 1. The number of nitrogens with one attached hydrogen (secondary N) is 1. The monoisotopic (exact) mass is 446 g/mol. The lowest BCUT2D eigenvalue weighted by molar-refractivity contribution is 0.100. The van der Waals surface area contributed by atoms with Crippen LogP contribution in [0.1, 0.15) is 36.5 Å². The molecule has 1 aromatic heterocycles. The molecule has 1 unspecified atom stereocenters. The molecule has 1 saturated heterocycles. The number of aromatic hydroxyl groups is 1. The maximum Gasteiger partial charge on any atom is 0.115 e. The van der Waals surface area contributed by atoms with Crippen LogP contribution in [-0.4, -0.2) is 76.6 Å². The molecule has 0 spiro atoms. The molecular formula is C28H38N4O. The van der Waals surface area contributed by atoms with Gasteiger partial charge in [-0.3, -0.25) is 14.7 Å². The molecule has 1 atom stereocenters. The van der Waals surface area contributed by atoms with Crippen LogP contribution in [0.15, 0.2) is 48.7 Å². The van der Waals surface area contributed by atoms with E-state index < -0.39 is 0 Å². The van der Waals surface area contributed by atoms with Crippen molar-refractivity contribution in [2.45, 2.75) is 45.2 Å². The number of fused-ring (bicyclic) bond motifs is 2. The summed E-state index contributed by atoms with van der Waals surface area (Å²) in [6.07, 6.45) is 6.65. The second-order valence-corrected chi connectivity index (χ2v) is 9.90. The lowest BCUT2D eigenvalue weighted by Crippen LogP contribution is -2.49. The Kier molecular flexibility index (Phi) is 7.00. The van der Waals surface area contributed by atoms with Crippen LogP contribution in [0.3, 0.4) is 0 Å². The summed E-state index contributed by atoms with van der Waals surface area (Å²) in [6.45, 7) is 11.4. The first-order valence-corrected chi connectivity index (χ1v) is 12.7. The molecule has 0 saturated carbocycles. The van der Waals surface area contributed by atoms with Crippen LogP contribution >= 0.6 is 0 Å². The number of aromatic nitrogens is 1. The van der Waals surface area contributed by atoms with Gasteiger partial charge in [-0.15, -0.1) is 0 Å². The fourth-order valence-corrected chi connectivity index (χ4v) is 5.70. The van der Waals surface area contributed by atoms with Gasteiger partial charge < -0.3 is 10.1 Å². The summed E-state index contributed by atoms with van der Waals surface area (Å²) in [7, 11) is 0. The van der Waals surface area contributed by atoms with Crippen molar-refractivity contribution in [3.8, 4) is 5.75 Å². The Balaban J connectivity index is 1.11. The minimum Gasteiger partial charge on any atom is -0.508 e. The van der Waals surface area contributed by atoms with Crippen LogP contribution in [0.5, 0.6) is 5.75 Å². The molecule has 5 rings (SSSR count). The lowest BCUT2D eigenvalue weighted by Gasteiger charge is -2.39. The van der Waals surface area contributed by atoms with Gasteiger partial charge in [0.15, 0.2) is 0 Å². The average Bonchev–Trinajstić information content (AvgIpc) is 3.30. The number of aromatic amines is 1. The Morgan fingerprint density at radius 2 is 1.82 bits per heavy atom. The van der Waals surface area contributed by atoms with Gasteiger partial charge in [0.25, 0.3) is 0 Å². The summed E-state index contributed by atoms with van der Waals surface area (Å²) >= 11 is 0. The van der Waals surface area contributed by atoms with E-state index in [4.69, 9.17) is 0 Å².